The summed E-state index contributed by atoms with van der Waals surface area (Å²) < 4.78 is 83.8. The molecule has 146 valence electrons. The van der Waals surface area contributed by atoms with Crippen molar-refractivity contribution in [2.75, 3.05) is 17.1 Å². The van der Waals surface area contributed by atoms with Crippen molar-refractivity contribution in [1.82, 2.24) is 0 Å². The fourth-order valence-corrected chi connectivity index (χ4v) is 3.25. The minimum absolute atomic E-state index is 0.0610. The topological polar surface area (TPSA) is 84.5 Å². The SMILES string of the molecule is COc1ccc(NC(C)=O)cc1NS(=O)(=O)c1ccc(F)c(C(F)(F)F)c1. The normalized spacial score (nSPS) is 11.8. The molecule has 1 amide bonds. The van der Waals surface area contributed by atoms with Crippen LogP contribution in [0.1, 0.15) is 12.5 Å². The Morgan fingerprint density at radius 3 is 2.33 bits per heavy atom. The fraction of sp³-hybridized carbons (Fsp3) is 0.188. The first kappa shape index (κ1) is 20.5. The van der Waals surface area contributed by atoms with Crippen molar-refractivity contribution in [1.29, 1.82) is 0 Å². The number of sulfonamides is 1. The van der Waals surface area contributed by atoms with Crippen molar-refractivity contribution < 1.29 is 35.5 Å². The summed E-state index contributed by atoms with van der Waals surface area (Å²) in [7, 11) is -3.25. The van der Waals surface area contributed by atoms with E-state index >= 15 is 0 Å². The summed E-state index contributed by atoms with van der Waals surface area (Å²) in [5.74, 6) is -1.94. The molecule has 2 rings (SSSR count). The molecule has 0 saturated heterocycles. The van der Waals surface area contributed by atoms with E-state index in [2.05, 4.69) is 10.0 Å². The van der Waals surface area contributed by atoms with Crippen LogP contribution in [0.15, 0.2) is 41.3 Å². The molecule has 27 heavy (non-hydrogen) atoms. The second kappa shape index (κ2) is 7.43. The monoisotopic (exact) mass is 406 g/mol. The maximum absolute atomic E-state index is 13.4. The molecule has 0 aromatic heterocycles. The highest BCUT2D eigenvalue weighted by atomic mass is 32.2. The van der Waals surface area contributed by atoms with E-state index in [4.69, 9.17) is 4.74 Å². The second-order valence-electron chi connectivity index (χ2n) is 5.34. The van der Waals surface area contributed by atoms with E-state index in [9.17, 15) is 30.8 Å². The number of ether oxygens (including phenoxy) is 1. The Morgan fingerprint density at radius 1 is 1.11 bits per heavy atom. The third-order valence-electron chi connectivity index (χ3n) is 3.32. The van der Waals surface area contributed by atoms with Gasteiger partial charge < -0.3 is 10.1 Å². The Hall–Kier alpha value is -2.82. The smallest absolute Gasteiger partial charge is 0.419 e. The van der Waals surface area contributed by atoms with E-state index in [0.29, 0.717) is 12.1 Å². The van der Waals surface area contributed by atoms with Crippen LogP contribution in [0.5, 0.6) is 5.75 Å². The van der Waals surface area contributed by atoms with Crippen molar-refractivity contribution in [2.24, 2.45) is 0 Å². The number of alkyl halides is 3. The summed E-state index contributed by atoms with van der Waals surface area (Å²) in [6.45, 7) is 1.24. The molecular weight excluding hydrogens is 392 g/mol. The summed E-state index contributed by atoms with van der Waals surface area (Å²) in [6.07, 6.45) is -5.06. The van der Waals surface area contributed by atoms with Gasteiger partial charge in [0.05, 0.1) is 23.3 Å². The molecule has 0 atom stereocenters. The average Bonchev–Trinajstić information content (AvgIpc) is 2.53. The molecule has 0 radical (unpaired) electrons. The van der Waals surface area contributed by atoms with E-state index in [1.165, 1.54) is 32.2 Å². The van der Waals surface area contributed by atoms with Crippen molar-refractivity contribution >= 4 is 27.3 Å². The van der Waals surface area contributed by atoms with Gasteiger partial charge in [-0.25, -0.2) is 12.8 Å². The molecule has 2 N–H and O–H groups in total. The van der Waals surface area contributed by atoms with Crippen LogP contribution in [0.25, 0.3) is 0 Å². The Balaban J connectivity index is 2.46. The molecule has 6 nitrogen and oxygen atoms in total. The van der Waals surface area contributed by atoms with Gasteiger partial charge in [0.1, 0.15) is 11.6 Å². The highest BCUT2D eigenvalue weighted by molar-refractivity contribution is 7.92. The number of amides is 1. The zero-order chi connectivity index (χ0) is 20.4. The molecule has 11 heteroatoms. The number of nitrogens with one attached hydrogen (secondary N) is 2. The number of hydrogen-bond acceptors (Lipinski definition) is 4. The van der Waals surface area contributed by atoms with Crippen LogP contribution < -0.4 is 14.8 Å². The Morgan fingerprint density at radius 2 is 1.78 bits per heavy atom. The number of hydrogen-bond donors (Lipinski definition) is 2. The van der Waals surface area contributed by atoms with Crippen LogP contribution in [0, 0.1) is 5.82 Å². The van der Waals surface area contributed by atoms with Crippen LogP contribution >= 0.6 is 0 Å². The average molecular weight is 406 g/mol. The van der Waals surface area contributed by atoms with E-state index in [-0.39, 0.29) is 23.2 Å². The number of methoxy groups -OCH3 is 1. The minimum Gasteiger partial charge on any atom is -0.495 e. The first-order valence-electron chi connectivity index (χ1n) is 7.29. The molecule has 0 aliphatic carbocycles. The van der Waals surface area contributed by atoms with Crippen LogP contribution in [0.2, 0.25) is 0 Å². The third-order valence-corrected chi connectivity index (χ3v) is 4.68. The lowest BCUT2D eigenvalue weighted by atomic mass is 10.2. The quantitative estimate of drug-likeness (QED) is 0.743. The second-order valence-corrected chi connectivity index (χ2v) is 7.02. The molecule has 2 aromatic rings. The van der Waals surface area contributed by atoms with E-state index in [0.717, 1.165) is 0 Å². The number of rotatable bonds is 5. The molecule has 0 spiro atoms. The number of anilines is 2. The zero-order valence-electron chi connectivity index (χ0n) is 14.0. The number of halogens is 4. The van der Waals surface area contributed by atoms with Gasteiger partial charge in [-0.15, -0.1) is 0 Å². The van der Waals surface area contributed by atoms with E-state index in [1.54, 1.807) is 0 Å². The Bertz CT molecular complexity index is 975. The van der Waals surface area contributed by atoms with Crippen molar-refractivity contribution in [3.8, 4) is 5.75 Å². The fourth-order valence-electron chi connectivity index (χ4n) is 2.16. The Labute approximate surface area is 152 Å². The predicted molar refractivity (Wildman–Crippen MR) is 89.5 cm³/mol. The predicted octanol–water partition coefficient (Wildman–Crippen LogP) is 3.61. The van der Waals surface area contributed by atoms with Gasteiger partial charge in [-0.05, 0) is 36.4 Å². The molecule has 0 aliphatic heterocycles. The summed E-state index contributed by atoms with van der Waals surface area (Å²) in [6, 6.07) is 5.35. The first-order chi connectivity index (χ1) is 12.4. The van der Waals surface area contributed by atoms with Gasteiger partial charge >= 0.3 is 6.18 Å². The highest BCUT2D eigenvalue weighted by Crippen LogP contribution is 2.34. The van der Waals surface area contributed by atoms with Gasteiger partial charge in [0, 0.05) is 12.6 Å². The van der Waals surface area contributed by atoms with E-state index in [1.807, 2.05) is 0 Å². The van der Waals surface area contributed by atoms with Crippen LogP contribution in [0.4, 0.5) is 28.9 Å². The van der Waals surface area contributed by atoms with Gasteiger partial charge in [-0.2, -0.15) is 13.2 Å². The molecular formula is C16H14F4N2O4S. The third kappa shape index (κ3) is 4.88. The van der Waals surface area contributed by atoms with Gasteiger partial charge in [0.25, 0.3) is 10.0 Å². The van der Waals surface area contributed by atoms with Crippen molar-refractivity contribution in [2.45, 2.75) is 18.0 Å². The lowest BCUT2D eigenvalue weighted by Gasteiger charge is -2.15. The minimum atomic E-state index is -5.06. The van der Waals surface area contributed by atoms with Crippen molar-refractivity contribution in [3.05, 3.63) is 47.8 Å². The molecule has 0 bridgehead atoms. The van der Waals surface area contributed by atoms with Gasteiger partial charge in [0.15, 0.2) is 0 Å². The molecule has 0 fully saturated rings. The highest BCUT2D eigenvalue weighted by Gasteiger charge is 2.35. The number of benzene rings is 2. The van der Waals surface area contributed by atoms with Gasteiger partial charge in [-0.3, -0.25) is 9.52 Å². The van der Waals surface area contributed by atoms with Gasteiger partial charge in [-0.1, -0.05) is 0 Å². The standard InChI is InChI=1S/C16H14F4N2O4S/c1-9(23)21-10-3-6-15(26-2)14(7-10)22-27(24,25)11-4-5-13(17)12(8-11)16(18,19)20/h3-8,22H,1-2H3,(H,21,23). The number of carbonyl (C=O) groups is 1. The molecule has 0 saturated carbocycles. The maximum Gasteiger partial charge on any atom is 0.419 e. The number of carbonyl (C=O) groups excluding carboxylic acids is 1. The largest absolute Gasteiger partial charge is 0.495 e. The van der Waals surface area contributed by atoms with Crippen LogP contribution in [-0.4, -0.2) is 21.4 Å². The summed E-state index contributed by atoms with van der Waals surface area (Å²) in [4.78, 5) is 10.3. The van der Waals surface area contributed by atoms with Gasteiger partial charge in [0.2, 0.25) is 5.91 Å². The van der Waals surface area contributed by atoms with Crippen LogP contribution in [0.3, 0.4) is 0 Å². The molecule has 0 heterocycles. The first-order valence-corrected chi connectivity index (χ1v) is 8.77. The summed E-state index contributed by atoms with van der Waals surface area (Å²) >= 11 is 0. The summed E-state index contributed by atoms with van der Waals surface area (Å²) in [5, 5.41) is 2.43. The van der Waals surface area contributed by atoms with Crippen molar-refractivity contribution in [3.63, 3.8) is 0 Å². The summed E-state index contributed by atoms with van der Waals surface area (Å²) in [5.41, 5.74) is -1.60. The molecule has 0 unspecified atom stereocenters. The molecule has 2 aromatic carbocycles. The lowest BCUT2D eigenvalue weighted by Crippen LogP contribution is -2.16. The Kier molecular flexibility index (Phi) is 5.64. The molecule has 0 aliphatic rings. The zero-order valence-corrected chi connectivity index (χ0v) is 14.8. The maximum atomic E-state index is 13.4. The lowest BCUT2D eigenvalue weighted by molar-refractivity contribution is -0.140. The van der Waals surface area contributed by atoms with Crippen LogP contribution in [-0.2, 0) is 21.0 Å². The van der Waals surface area contributed by atoms with E-state index < -0.39 is 38.4 Å².